The fraction of sp³-hybridized carbons (Fsp3) is 0.389. The van der Waals surface area contributed by atoms with E-state index in [0.717, 1.165) is 39.9 Å². The molecule has 1 aliphatic heterocycles. The maximum Gasteiger partial charge on any atom is 0.307 e. The highest BCUT2D eigenvalue weighted by Crippen LogP contribution is 2.37. The summed E-state index contributed by atoms with van der Waals surface area (Å²) in [6, 6.07) is 11.9. The van der Waals surface area contributed by atoms with Crippen LogP contribution in [0.15, 0.2) is 36.4 Å². The van der Waals surface area contributed by atoms with Crippen molar-refractivity contribution in [3.63, 3.8) is 0 Å². The predicted molar refractivity (Wildman–Crippen MR) is 96.1 cm³/mol. The van der Waals surface area contributed by atoms with Crippen LogP contribution in [0.2, 0.25) is 4.34 Å². The topological polar surface area (TPSA) is 49.8 Å². The summed E-state index contributed by atoms with van der Waals surface area (Å²) in [5.74, 6) is -0.212. The fourth-order valence-corrected chi connectivity index (χ4v) is 4.48. The number of ether oxygens (including phenoxy) is 1. The Hall–Kier alpha value is -1.56. The van der Waals surface area contributed by atoms with Crippen molar-refractivity contribution in [1.29, 1.82) is 0 Å². The van der Waals surface area contributed by atoms with Crippen LogP contribution in [0.25, 0.3) is 0 Å². The largest absolute Gasteiger partial charge is 0.497 e. The zero-order valence-corrected chi connectivity index (χ0v) is 15.0. The van der Waals surface area contributed by atoms with Gasteiger partial charge in [-0.2, -0.15) is 0 Å². The fourth-order valence-electron chi connectivity index (χ4n) is 3.26. The highest BCUT2D eigenvalue weighted by Gasteiger charge is 2.31. The molecule has 1 saturated heterocycles. The zero-order valence-electron chi connectivity index (χ0n) is 13.4. The van der Waals surface area contributed by atoms with Gasteiger partial charge in [-0.1, -0.05) is 23.7 Å². The number of methoxy groups -OCH3 is 1. The molecule has 4 nitrogen and oxygen atoms in total. The molecule has 2 heterocycles. The third-order valence-corrected chi connectivity index (χ3v) is 5.75. The summed E-state index contributed by atoms with van der Waals surface area (Å²) in [6.07, 6.45) is 1.63. The highest BCUT2D eigenvalue weighted by atomic mass is 35.5. The molecule has 1 aromatic carbocycles. The van der Waals surface area contributed by atoms with Crippen LogP contribution >= 0.6 is 22.9 Å². The molecular formula is C18H20ClNO3S. The van der Waals surface area contributed by atoms with Crippen molar-refractivity contribution < 1.29 is 14.6 Å². The van der Waals surface area contributed by atoms with E-state index in [-0.39, 0.29) is 12.0 Å². The van der Waals surface area contributed by atoms with Crippen molar-refractivity contribution >= 4 is 28.9 Å². The SMILES string of the molecule is COc1ccc(C(c2ccc(Cl)s2)N2CCCC(C(=O)O)C2)cc1. The minimum absolute atomic E-state index is 0.0237. The number of thiophene rings is 1. The van der Waals surface area contributed by atoms with Gasteiger partial charge in [-0.15, -0.1) is 11.3 Å². The van der Waals surface area contributed by atoms with E-state index in [0.29, 0.717) is 6.54 Å². The van der Waals surface area contributed by atoms with Crippen molar-refractivity contribution in [1.82, 2.24) is 4.90 Å². The smallest absolute Gasteiger partial charge is 0.307 e. The van der Waals surface area contributed by atoms with E-state index < -0.39 is 5.97 Å². The van der Waals surface area contributed by atoms with Crippen molar-refractivity contribution in [2.75, 3.05) is 20.2 Å². The van der Waals surface area contributed by atoms with Gasteiger partial charge >= 0.3 is 5.97 Å². The quantitative estimate of drug-likeness (QED) is 0.858. The first-order valence-electron chi connectivity index (χ1n) is 7.94. The first-order valence-corrected chi connectivity index (χ1v) is 9.14. The van der Waals surface area contributed by atoms with E-state index in [1.165, 1.54) is 0 Å². The lowest BCUT2D eigenvalue weighted by atomic mass is 9.94. The minimum Gasteiger partial charge on any atom is -0.497 e. The van der Waals surface area contributed by atoms with Gasteiger partial charge in [-0.25, -0.2) is 0 Å². The molecule has 1 N–H and O–H groups in total. The number of rotatable bonds is 5. The number of nitrogens with zero attached hydrogens (tertiary/aromatic N) is 1. The molecule has 1 fully saturated rings. The number of carboxylic acid groups (broad SMARTS) is 1. The van der Waals surface area contributed by atoms with Gasteiger partial charge in [0.2, 0.25) is 0 Å². The summed E-state index contributed by atoms with van der Waals surface area (Å²) in [6.45, 7) is 1.44. The van der Waals surface area contributed by atoms with E-state index in [4.69, 9.17) is 16.3 Å². The molecule has 1 aromatic heterocycles. The monoisotopic (exact) mass is 365 g/mol. The average molecular weight is 366 g/mol. The van der Waals surface area contributed by atoms with Crippen molar-refractivity contribution in [2.24, 2.45) is 5.92 Å². The Morgan fingerprint density at radius 2 is 2.08 bits per heavy atom. The Morgan fingerprint density at radius 3 is 2.67 bits per heavy atom. The summed E-state index contributed by atoms with van der Waals surface area (Å²) in [4.78, 5) is 14.8. The summed E-state index contributed by atoms with van der Waals surface area (Å²) < 4.78 is 5.99. The maximum absolute atomic E-state index is 11.4. The van der Waals surface area contributed by atoms with E-state index in [2.05, 4.69) is 4.90 Å². The van der Waals surface area contributed by atoms with Crippen LogP contribution < -0.4 is 4.74 Å². The number of halogens is 1. The van der Waals surface area contributed by atoms with Crippen LogP contribution in [-0.4, -0.2) is 36.2 Å². The Bertz CT molecular complexity index is 701. The van der Waals surface area contributed by atoms with Gasteiger partial charge in [-0.05, 0) is 49.2 Å². The molecule has 2 unspecified atom stereocenters. The van der Waals surface area contributed by atoms with Gasteiger partial charge in [0.05, 0.1) is 23.4 Å². The second kappa shape index (κ2) is 7.55. The molecule has 3 rings (SSSR count). The number of benzene rings is 1. The molecule has 2 atom stereocenters. The molecule has 128 valence electrons. The molecule has 24 heavy (non-hydrogen) atoms. The second-order valence-corrected chi connectivity index (χ2v) is 7.74. The number of hydrogen-bond acceptors (Lipinski definition) is 4. The van der Waals surface area contributed by atoms with Crippen LogP contribution in [0.4, 0.5) is 0 Å². The molecule has 6 heteroatoms. The molecule has 0 amide bonds. The number of likely N-dealkylation sites (tertiary alicyclic amines) is 1. The third kappa shape index (κ3) is 3.74. The number of carboxylic acids is 1. The lowest BCUT2D eigenvalue weighted by Crippen LogP contribution is -2.41. The summed E-state index contributed by atoms with van der Waals surface area (Å²) in [5, 5.41) is 9.39. The predicted octanol–water partition coefficient (Wildman–Crippen LogP) is 4.30. The van der Waals surface area contributed by atoms with Crippen LogP contribution in [0, 0.1) is 5.92 Å². The van der Waals surface area contributed by atoms with E-state index >= 15 is 0 Å². The van der Waals surface area contributed by atoms with E-state index in [1.807, 2.05) is 36.4 Å². The molecule has 2 aromatic rings. The first-order chi connectivity index (χ1) is 11.6. The van der Waals surface area contributed by atoms with Gasteiger partial charge in [0, 0.05) is 11.4 Å². The average Bonchev–Trinajstić information content (AvgIpc) is 3.02. The molecule has 0 aliphatic carbocycles. The maximum atomic E-state index is 11.4. The Kier molecular flexibility index (Phi) is 5.43. The standard InChI is InChI=1S/C18H20ClNO3S/c1-23-14-6-4-12(5-7-14)17(15-8-9-16(19)24-15)20-10-2-3-13(11-20)18(21)22/h4-9,13,17H,2-3,10-11H2,1H3,(H,21,22). The number of carbonyl (C=O) groups is 1. The van der Waals surface area contributed by atoms with Crippen LogP contribution in [0.1, 0.15) is 29.3 Å². The van der Waals surface area contributed by atoms with Crippen LogP contribution in [0.3, 0.4) is 0 Å². The Balaban J connectivity index is 1.93. The summed E-state index contributed by atoms with van der Waals surface area (Å²) in [5.41, 5.74) is 1.13. The van der Waals surface area contributed by atoms with Crippen LogP contribution in [-0.2, 0) is 4.79 Å². The lowest BCUT2D eigenvalue weighted by molar-refractivity contribution is -0.143. The summed E-state index contributed by atoms with van der Waals surface area (Å²) in [7, 11) is 1.65. The van der Waals surface area contributed by atoms with Crippen molar-refractivity contribution in [3.8, 4) is 5.75 Å². The molecule has 0 bridgehead atoms. The number of hydrogen-bond donors (Lipinski definition) is 1. The first kappa shape index (κ1) is 17.3. The van der Waals surface area contributed by atoms with Gasteiger partial charge in [-0.3, -0.25) is 9.69 Å². The number of aliphatic carboxylic acids is 1. The Morgan fingerprint density at radius 1 is 1.33 bits per heavy atom. The molecule has 1 aliphatic rings. The van der Waals surface area contributed by atoms with Gasteiger partial charge in [0.25, 0.3) is 0 Å². The number of piperidine rings is 1. The zero-order chi connectivity index (χ0) is 17.1. The third-order valence-electron chi connectivity index (χ3n) is 4.46. The van der Waals surface area contributed by atoms with Gasteiger partial charge in [0.15, 0.2) is 0 Å². The Labute approximate surface area is 150 Å². The van der Waals surface area contributed by atoms with E-state index in [9.17, 15) is 9.90 Å². The van der Waals surface area contributed by atoms with Crippen molar-refractivity contribution in [2.45, 2.75) is 18.9 Å². The van der Waals surface area contributed by atoms with Crippen molar-refractivity contribution in [3.05, 3.63) is 51.2 Å². The van der Waals surface area contributed by atoms with Gasteiger partial charge < -0.3 is 9.84 Å². The molecular weight excluding hydrogens is 346 g/mol. The lowest BCUT2D eigenvalue weighted by Gasteiger charge is -2.37. The van der Waals surface area contributed by atoms with E-state index in [1.54, 1.807) is 18.4 Å². The van der Waals surface area contributed by atoms with Gasteiger partial charge in [0.1, 0.15) is 5.75 Å². The summed E-state index contributed by atoms with van der Waals surface area (Å²) >= 11 is 7.69. The highest BCUT2D eigenvalue weighted by molar-refractivity contribution is 7.16. The molecule has 0 spiro atoms. The minimum atomic E-state index is -0.711. The molecule has 0 saturated carbocycles. The second-order valence-electron chi connectivity index (χ2n) is 5.99. The normalized spacial score (nSPS) is 19.8. The molecule has 0 radical (unpaired) electrons. The van der Waals surface area contributed by atoms with Crippen LogP contribution in [0.5, 0.6) is 5.75 Å².